The number of amides is 1. The molecule has 9 heteroatoms. The molecule has 0 unspecified atom stereocenters. The van der Waals surface area contributed by atoms with Crippen LogP contribution in [0.25, 0.3) is 0 Å². The molecule has 0 atom stereocenters. The van der Waals surface area contributed by atoms with Gasteiger partial charge in [-0.1, -0.05) is 6.92 Å². The van der Waals surface area contributed by atoms with Gasteiger partial charge in [0.2, 0.25) is 0 Å². The van der Waals surface area contributed by atoms with Crippen LogP contribution in [-0.2, 0) is 12.6 Å². The van der Waals surface area contributed by atoms with Crippen molar-refractivity contribution in [2.75, 3.05) is 5.32 Å². The number of rotatable bonds is 3. The lowest BCUT2D eigenvalue weighted by Gasteiger charge is -2.07. The zero-order valence-corrected chi connectivity index (χ0v) is 10.8. The van der Waals surface area contributed by atoms with E-state index in [-0.39, 0.29) is 5.82 Å². The van der Waals surface area contributed by atoms with E-state index in [1.54, 1.807) is 11.1 Å². The lowest BCUT2D eigenvalue weighted by atomic mass is 10.2. The number of halogens is 3. The number of aromatic nitrogens is 3. The molecule has 0 radical (unpaired) electrons. The van der Waals surface area contributed by atoms with E-state index in [9.17, 15) is 22.8 Å². The summed E-state index contributed by atoms with van der Waals surface area (Å²) in [6, 6.07) is 3.03. The van der Waals surface area contributed by atoms with Gasteiger partial charge in [-0.05, 0) is 18.6 Å². The van der Waals surface area contributed by atoms with Crippen molar-refractivity contribution in [3.8, 4) is 0 Å². The number of anilines is 1. The lowest BCUT2D eigenvalue weighted by molar-refractivity contribution is -0.141. The summed E-state index contributed by atoms with van der Waals surface area (Å²) in [5, 5.41) is 8.78. The quantitative estimate of drug-likeness (QED) is 0.809. The largest absolute Gasteiger partial charge is 0.431 e. The topological polar surface area (TPSA) is 90.6 Å². The van der Waals surface area contributed by atoms with Crippen molar-refractivity contribution in [2.24, 2.45) is 0 Å². The van der Waals surface area contributed by atoms with Crippen molar-refractivity contribution in [3.63, 3.8) is 0 Å². The fourth-order valence-electron chi connectivity index (χ4n) is 1.61. The molecular formula is C12H11F3N4O2. The van der Waals surface area contributed by atoms with Crippen LogP contribution in [0.15, 0.2) is 23.0 Å². The van der Waals surface area contributed by atoms with E-state index in [2.05, 4.69) is 15.5 Å². The highest BCUT2D eigenvalue weighted by Crippen LogP contribution is 2.26. The van der Waals surface area contributed by atoms with Gasteiger partial charge in [0.15, 0.2) is 5.82 Å². The molecule has 2 aromatic rings. The number of aryl methyl sites for hydroxylation is 1. The molecule has 0 spiro atoms. The van der Waals surface area contributed by atoms with Crippen LogP contribution in [-0.4, -0.2) is 21.1 Å². The monoisotopic (exact) mass is 300 g/mol. The Morgan fingerprint density at radius 2 is 2.10 bits per heavy atom. The van der Waals surface area contributed by atoms with Gasteiger partial charge in [-0.3, -0.25) is 14.7 Å². The van der Waals surface area contributed by atoms with Crippen molar-refractivity contribution in [2.45, 2.75) is 19.5 Å². The van der Waals surface area contributed by atoms with Gasteiger partial charge in [-0.15, -0.1) is 0 Å². The summed E-state index contributed by atoms with van der Waals surface area (Å²) in [5.74, 6) is -0.643. The Kier molecular flexibility index (Phi) is 3.83. The van der Waals surface area contributed by atoms with Crippen LogP contribution in [0.5, 0.6) is 0 Å². The Hall–Kier alpha value is -2.58. The van der Waals surface area contributed by atoms with Crippen LogP contribution in [0, 0.1) is 0 Å². The first-order chi connectivity index (χ1) is 9.81. The first-order valence-electron chi connectivity index (χ1n) is 5.97. The Labute approximate surface area is 116 Å². The average molecular weight is 300 g/mol. The number of carbonyl (C=O) groups is 1. The summed E-state index contributed by atoms with van der Waals surface area (Å²) < 4.78 is 37.2. The number of aromatic amines is 2. The molecule has 2 aromatic heterocycles. The molecule has 1 amide bonds. The summed E-state index contributed by atoms with van der Waals surface area (Å²) in [6.45, 7) is 1.87. The molecule has 6 nitrogen and oxygen atoms in total. The second-order valence-corrected chi connectivity index (χ2v) is 4.20. The van der Waals surface area contributed by atoms with Crippen LogP contribution in [0.2, 0.25) is 0 Å². The van der Waals surface area contributed by atoms with Gasteiger partial charge in [0, 0.05) is 11.8 Å². The van der Waals surface area contributed by atoms with Crippen molar-refractivity contribution in [1.29, 1.82) is 0 Å². The highest BCUT2D eigenvalue weighted by molar-refractivity contribution is 6.03. The second kappa shape index (κ2) is 5.43. The molecular weight excluding hydrogens is 289 g/mol. The van der Waals surface area contributed by atoms with Crippen LogP contribution in [0.1, 0.15) is 28.7 Å². The Balaban J connectivity index is 2.22. The molecule has 0 saturated carbocycles. The molecule has 0 aliphatic heterocycles. The number of nitrogens with one attached hydrogen (secondary N) is 3. The Morgan fingerprint density at radius 3 is 2.62 bits per heavy atom. The molecule has 0 fully saturated rings. The maximum Gasteiger partial charge on any atom is 0.431 e. The lowest BCUT2D eigenvalue weighted by Crippen LogP contribution is -2.25. The standard InChI is InChI=1S/C12H11F3N4O2/c1-2-6-5-9(19-18-6)17-11(21)7-3-4-8(12(13,14)15)16-10(7)20/h3-5H,2H2,1H3,(H,16,20)(H2,17,18,19,21). The minimum absolute atomic E-state index is 0.191. The molecule has 21 heavy (non-hydrogen) atoms. The van der Waals surface area contributed by atoms with E-state index in [1.807, 2.05) is 6.92 Å². The summed E-state index contributed by atoms with van der Waals surface area (Å²) in [7, 11) is 0. The minimum atomic E-state index is -4.67. The van der Waals surface area contributed by atoms with Crippen molar-refractivity contribution in [3.05, 3.63) is 45.5 Å². The summed E-state index contributed by atoms with van der Waals surface area (Å²) in [5.41, 5.74) is -1.98. The third-order valence-electron chi connectivity index (χ3n) is 2.71. The normalized spacial score (nSPS) is 11.4. The Morgan fingerprint density at radius 1 is 1.38 bits per heavy atom. The predicted octanol–water partition coefficient (Wildman–Crippen LogP) is 1.93. The minimum Gasteiger partial charge on any atom is -0.318 e. The van der Waals surface area contributed by atoms with Crippen LogP contribution >= 0.6 is 0 Å². The predicted molar refractivity (Wildman–Crippen MR) is 68.0 cm³/mol. The molecule has 0 aliphatic carbocycles. The van der Waals surface area contributed by atoms with Gasteiger partial charge in [-0.25, -0.2) is 0 Å². The van der Waals surface area contributed by atoms with E-state index < -0.39 is 28.9 Å². The fourth-order valence-corrected chi connectivity index (χ4v) is 1.61. The number of hydrogen-bond acceptors (Lipinski definition) is 3. The second-order valence-electron chi connectivity index (χ2n) is 4.20. The van der Waals surface area contributed by atoms with Gasteiger partial charge in [0.05, 0.1) is 0 Å². The van der Waals surface area contributed by atoms with Gasteiger partial charge in [0.1, 0.15) is 11.3 Å². The third-order valence-corrected chi connectivity index (χ3v) is 2.71. The van der Waals surface area contributed by atoms with Crippen molar-refractivity contribution in [1.82, 2.24) is 15.2 Å². The molecule has 2 rings (SSSR count). The molecule has 0 aromatic carbocycles. The number of nitrogens with zero attached hydrogens (tertiary/aromatic N) is 1. The first-order valence-corrected chi connectivity index (χ1v) is 5.97. The molecule has 112 valence electrons. The van der Waals surface area contributed by atoms with E-state index in [0.717, 1.165) is 11.8 Å². The maximum absolute atomic E-state index is 12.4. The number of pyridine rings is 1. The number of H-pyrrole nitrogens is 2. The highest BCUT2D eigenvalue weighted by Gasteiger charge is 2.32. The van der Waals surface area contributed by atoms with Gasteiger partial charge >= 0.3 is 6.18 Å². The number of hydrogen-bond donors (Lipinski definition) is 3. The SMILES string of the molecule is CCc1cc(NC(=O)c2ccc(C(F)(F)F)[nH]c2=O)n[nH]1. The number of carbonyl (C=O) groups excluding carboxylic acids is 1. The summed E-state index contributed by atoms with van der Waals surface area (Å²) in [4.78, 5) is 25.0. The van der Waals surface area contributed by atoms with E-state index in [0.29, 0.717) is 12.5 Å². The summed E-state index contributed by atoms with van der Waals surface area (Å²) >= 11 is 0. The molecule has 2 heterocycles. The smallest absolute Gasteiger partial charge is 0.318 e. The van der Waals surface area contributed by atoms with Crippen LogP contribution in [0.3, 0.4) is 0 Å². The van der Waals surface area contributed by atoms with E-state index in [4.69, 9.17) is 0 Å². The molecule has 0 aliphatic rings. The van der Waals surface area contributed by atoms with Crippen molar-refractivity contribution < 1.29 is 18.0 Å². The van der Waals surface area contributed by atoms with E-state index >= 15 is 0 Å². The van der Waals surface area contributed by atoms with Crippen LogP contribution < -0.4 is 10.9 Å². The van der Waals surface area contributed by atoms with Gasteiger partial charge in [0.25, 0.3) is 11.5 Å². The molecule has 0 saturated heterocycles. The number of alkyl halides is 3. The van der Waals surface area contributed by atoms with Crippen molar-refractivity contribution >= 4 is 11.7 Å². The highest BCUT2D eigenvalue weighted by atomic mass is 19.4. The molecule has 3 N–H and O–H groups in total. The van der Waals surface area contributed by atoms with Gasteiger partial charge in [-0.2, -0.15) is 18.3 Å². The third kappa shape index (κ3) is 3.30. The fraction of sp³-hybridized carbons (Fsp3) is 0.250. The first kappa shape index (κ1) is 14.8. The van der Waals surface area contributed by atoms with Gasteiger partial charge < -0.3 is 10.3 Å². The van der Waals surface area contributed by atoms with Crippen LogP contribution in [0.4, 0.5) is 19.0 Å². The molecule has 0 bridgehead atoms. The zero-order valence-electron chi connectivity index (χ0n) is 10.8. The average Bonchev–Trinajstić information content (AvgIpc) is 2.85. The summed E-state index contributed by atoms with van der Waals surface area (Å²) in [6.07, 6.45) is -4.00. The van der Waals surface area contributed by atoms with E-state index in [1.165, 1.54) is 0 Å². The zero-order chi connectivity index (χ0) is 15.6. The Bertz CT molecular complexity index is 718. The maximum atomic E-state index is 12.4.